The average molecular weight is 978 g/mol. The average Bonchev–Trinajstić information content (AvgIpc) is 3.27. The van der Waals surface area contributed by atoms with E-state index in [1.165, 1.54) is 45.2 Å². The number of rotatable bonds is 36. The Labute approximate surface area is 402 Å². The van der Waals surface area contributed by atoms with Gasteiger partial charge in [-0.1, -0.05) is 39.3 Å². The van der Waals surface area contributed by atoms with Crippen molar-refractivity contribution in [3.63, 3.8) is 0 Å². The van der Waals surface area contributed by atoms with Gasteiger partial charge in [-0.2, -0.15) is 0 Å². The van der Waals surface area contributed by atoms with Gasteiger partial charge in [0, 0.05) is 44.8 Å². The zero-order valence-electron chi connectivity index (χ0n) is 40.3. The number of carboxylic acids is 1. The number of methoxy groups -OCH3 is 1. The number of nitrogens with one attached hydrogen (secondary N) is 4. The number of nitrogens with zero attached hydrogens (tertiary/aromatic N) is 1. The number of aromatic hydroxyl groups is 1. The number of aliphatic carboxylic acids is 1. The van der Waals surface area contributed by atoms with E-state index in [-0.39, 0.29) is 69.4 Å². The maximum absolute atomic E-state index is 14.3. The molecule has 9 atom stereocenters. The molecule has 0 spiro atoms. The first-order valence-corrected chi connectivity index (χ1v) is 23.1. The third-order valence-corrected chi connectivity index (χ3v) is 11.3. The van der Waals surface area contributed by atoms with E-state index in [0.717, 1.165) is 0 Å². The first-order valence-electron chi connectivity index (χ1n) is 23.1. The van der Waals surface area contributed by atoms with Crippen LogP contribution >= 0.6 is 0 Å². The molecular formula is C46H75N9O14. The summed E-state index contributed by atoms with van der Waals surface area (Å²) in [6.07, 6.45) is -3.08. The van der Waals surface area contributed by atoms with Crippen LogP contribution in [0.2, 0.25) is 0 Å². The second kappa shape index (κ2) is 31.9. The van der Waals surface area contributed by atoms with Gasteiger partial charge in [0.2, 0.25) is 29.5 Å². The number of ether oxygens (including phenoxy) is 1. The van der Waals surface area contributed by atoms with Gasteiger partial charge in [0.25, 0.3) is 0 Å². The fourth-order valence-corrected chi connectivity index (χ4v) is 7.23. The van der Waals surface area contributed by atoms with E-state index in [9.17, 15) is 63.6 Å². The third-order valence-electron chi connectivity index (χ3n) is 11.3. The molecule has 1 aromatic carbocycles. The number of guanidine groups is 1. The maximum atomic E-state index is 14.3. The highest BCUT2D eigenvalue weighted by Crippen LogP contribution is 2.22. The number of Topliss-reactive ketones (excluding diaryl/α,β-unsaturated/α-hetero) is 3. The highest BCUT2D eigenvalue weighted by Gasteiger charge is 2.37. The van der Waals surface area contributed by atoms with Gasteiger partial charge in [0.1, 0.15) is 17.8 Å². The summed E-state index contributed by atoms with van der Waals surface area (Å²) in [5.74, 6) is -12.7. The van der Waals surface area contributed by atoms with Crippen molar-refractivity contribution in [3.05, 3.63) is 29.8 Å². The van der Waals surface area contributed by atoms with Crippen molar-refractivity contribution in [1.29, 1.82) is 0 Å². The van der Waals surface area contributed by atoms with Crippen molar-refractivity contribution in [2.75, 3.05) is 33.4 Å². The van der Waals surface area contributed by atoms with Crippen LogP contribution in [0.5, 0.6) is 5.75 Å². The molecule has 5 amide bonds. The van der Waals surface area contributed by atoms with Crippen LogP contribution in [0.4, 0.5) is 0 Å². The molecule has 0 saturated heterocycles. The topological polar surface area (TPSA) is 408 Å². The minimum Gasteiger partial charge on any atom is -0.508 e. The zero-order chi connectivity index (χ0) is 52.4. The SMILES string of the molecule is COC[C@H](NC(=O)[C@@H](C)CO)C(=O)C[C@H](C(=O)N[C@@H](CC(=O)O)C(=O)C[C@@H](CCCCN)C(=O)N[C@@H](Cc1ccc(O)cc1)C(=O)C[C@@H](CCCN=C(N)N)C(=O)N[C@@H](CC(C)C)C(N)=O)[C@@H](C)O. The number of phenolic OH excluding ortho intramolecular Hbond substituents is 1. The molecule has 1 aromatic rings. The molecule has 0 radical (unpaired) electrons. The Balaban J connectivity index is 3.58. The summed E-state index contributed by atoms with van der Waals surface area (Å²) < 4.78 is 5.05. The van der Waals surface area contributed by atoms with Gasteiger partial charge in [0.15, 0.2) is 23.3 Å². The van der Waals surface area contributed by atoms with E-state index in [2.05, 4.69) is 26.3 Å². The first kappa shape index (κ1) is 61.0. The molecule has 0 heterocycles. The Morgan fingerprint density at radius 3 is 1.70 bits per heavy atom. The second-order valence-electron chi connectivity index (χ2n) is 17.8. The van der Waals surface area contributed by atoms with E-state index < -0.39 is 139 Å². The molecule has 0 aliphatic rings. The van der Waals surface area contributed by atoms with E-state index >= 15 is 0 Å². The van der Waals surface area contributed by atoms with Crippen molar-refractivity contribution >= 4 is 58.8 Å². The van der Waals surface area contributed by atoms with Gasteiger partial charge >= 0.3 is 5.97 Å². The van der Waals surface area contributed by atoms with Crippen LogP contribution in [0.1, 0.15) is 97.5 Å². The molecule has 0 bridgehead atoms. The molecule has 23 heteroatoms. The summed E-state index contributed by atoms with van der Waals surface area (Å²) in [6.45, 7) is 5.77. The van der Waals surface area contributed by atoms with Crippen LogP contribution in [0.3, 0.4) is 0 Å². The normalized spacial score (nSPS) is 15.1. The number of carbonyl (C=O) groups excluding carboxylic acids is 8. The molecule has 16 N–H and O–H groups in total. The van der Waals surface area contributed by atoms with Gasteiger partial charge in [0.05, 0.1) is 49.7 Å². The molecule has 388 valence electrons. The number of aliphatic hydroxyl groups is 2. The maximum Gasteiger partial charge on any atom is 0.305 e. The lowest BCUT2D eigenvalue weighted by Crippen LogP contribution is -2.51. The Morgan fingerprint density at radius 2 is 1.20 bits per heavy atom. The highest BCUT2D eigenvalue weighted by atomic mass is 16.5. The monoisotopic (exact) mass is 978 g/mol. The minimum absolute atomic E-state index is 0.0229. The molecule has 1 rings (SSSR count). The van der Waals surface area contributed by atoms with Crippen LogP contribution in [0.25, 0.3) is 0 Å². The van der Waals surface area contributed by atoms with Gasteiger partial charge in [-0.3, -0.25) is 48.1 Å². The van der Waals surface area contributed by atoms with E-state index in [1.54, 1.807) is 0 Å². The Morgan fingerprint density at radius 1 is 0.681 bits per heavy atom. The first-order chi connectivity index (χ1) is 32.4. The van der Waals surface area contributed by atoms with Crippen LogP contribution in [0, 0.1) is 29.6 Å². The second-order valence-corrected chi connectivity index (χ2v) is 17.8. The number of nitrogens with two attached hydrogens (primary N) is 4. The summed E-state index contributed by atoms with van der Waals surface area (Å²) >= 11 is 0. The molecule has 0 aromatic heterocycles. The predicted octanol–water partition coefficient (Wildman–Crippen LogP) is -1.56. The van der Waals surface area contributed by atoms with E-state index in [1.807, 2.05) is 13.8 Å². The number of carbonyl (C=O) groups is 9. The Kier molecular flexibility index (Phi) is 28.2. The fourth-order valence-electron chi connectivity index (χ4n) is 7.23. The molecule has 0 aliphatic heterocycles. The van der Waals surface area contributed by atoms with Crippen LogP contribution < -0.4 is 44.2 Å². The summed E-state index contributed by atoms with van der Waals surface area (Å²) in [5, 5.41) is 49.8. The number of phenols is 1. The van der Waals surface area contributed by atoms with Crippen molar-refractivity contribution in [2.24, 2.45) is 57.5 Å². The molecule has 23 nitrogen and oxygen atoms in total. The number of carboxylic acid groups (broad SMARTS) is 1. The Bertz CT molecular complexity index is 1890. The number of amides is 5. The number of aliphatic imine (C=N–C) groups is 1. The molecule has 0 unspecified atom stereocenters. The number of aliphatic hydroxyl groups excluding tert-OH is 2. The number of benzene rings is 1. The van der Waals surface area contributed by atoms with Crippen LogP contribution in [-0.4, -0.2) is 143 Å². The number of hydrogen-bond donors (Lipinski definition) is 12. The molecule has 69 heavy (non-hydrogen) atoms. The number of ketones is 3. The smallest absolute Gasteiger partial charge is 0.305 e. The van der Waals surface area contributed by atoms with Gasteiger partial charge in [-0.25, -0.2) is 0 Å². The molecule has 0 fully saturated rings. The van der Waals surface area contributed by atoms with Gasteiger partial charge in [-0.05, 0) is 75.6 Å². The number of primary amides is 1. The predicted molar refractivity (Wildman–Crippen MR) is 252 cm³/mol. The Hall–Kier alpha value is -6.04. The molecular weight excluding hydrogens is 903 g/mol. The lowest BCUT2D eigenvalue weighted by atomic mass is 9.88. The van der Waals surface area contributed by atoms with Gasteiger partial charge in [-0.15, -0.1) is 0 Å². The number of unbranched alkanes of at least 4 members (excludes halogenated alkanes) is 1. The summed E-state index contributed by atoms with van der Waals surface area (Å²) in [7, 11) is 1.26. The van der Waals surface area contributed by atoms with Crippen molar-refractivity contribution < 1.29 is 68.3 Å². The summed E-state index contributed by atoms with van der Waals surface area (Å²) in [4.78, 5) is 124. The quantitative estimate of drug-likeness (QED) is 0.0206. The highest BCUT2D eigenvalue weighted by molar-refractivity contribution is 5.98. The van der Waals surface area contributed by atoms with E-state index in [4.69, 9.17) is 27.7 Å². The van der Waals surface area contributed by atoms with Crippen LogP contribution in [-0.2, 0) is 54.3 Å². The van der Waals surface area contributed by atoms with Crippen molar-refractivity contribution in [2.45, 2.75) is 129 Å². The molecule has 0 aliphatic carbocycles. The summed E-state index contributed by atoms with van der Waals surface area (Å²) in [6, 6.07) is 0.355. The van der Waals surface area contributed by atoms with Crippen molar-refractivity contribution in [3.8, 4) is 5.75 Å². The minimum atomic E-state index is -1.76. The van der Waals surface area contributed by atoms with E-state index in [0.29, 0.717) is 18.4 Å². The zero-order valence-corrected chi connectivity index (χ0v) is 40.3. The lowest BCUT2D eigenvalue weighted by Gasteiger charge is -2.27. The molecule has 0 saturated carbocycles. The standard InChI is InChI=1S/C46H75N9O14/c1-25(2)17-35(41(48)64)54-44(67)30(10-8-16-51-46(49)50)20-37(59)33(18-28-11-13-31(58)14-12-28)52-43(66)29(9-6-7-15-47)19-38(60)34(22-40(62)63)53-45(68)32(27(4)57)21-39(61)36(24-69-5)55-42(65)26(3)23-56/h11-14,25-27,29-30,32-36,56-58H,6-10,15-24,47H2,1-5H3,(H2,48,64)(H,52,66)(H,53,68)(H,54,67)(H,55,65)(H,62,63)(H4,49,50,51)/t26-,27+,29+,30+,32-,33-,34-,35-,36-/m0/s1. The third kappa shape index (κ3) is 23.7. The number of hydrogen-bond acceptors (Lipinski definition) is 15. The fraction of sp³-hybridized carbons (Fsp3) is 0.652. The largest absolute Gasteiger partial charge is 0.508 e. The van der Waals surface area contributed by atoms with Crippen LogP contribution in [0.15, 0.2) is 29.3 Å². The van der Waals surface area contributed by atoms with Crippen molar-refractivity contribution in [1.82, 2.24) is 21.3 Å². The summed E-state index contributed by atoms with van der Waals surface area (Å²) in [5.41, 5.74) is 22.8. The lowest BCUT2D eigenvalue weighted by molar-refractivity contribution is -0.142. The van der Waals surface area contributed by atoms with Gasteiger partial charge < -0.3 is 69.4 Å².